The Hall–Kier alpha value is -1.87. The molecule has 0 fully saturated rings. The quantitative estimate of drug-likeness (QED) is 0.439. The van der Waals surface area contributed by atoms with E-state index in [1.165, 1.54) is 12.1 Å². The Bertz CT molecular complexity index is 736. The van der Waals surface area contributed by atoms with Gasteiger partial charge >= 0.3 is 5.97 Å². The molecule has 2 N–H and O–H groups in total. The molecule has 2 rings (SSSR count). The van der Waals surface area contributed by atoms with E-state index in [9.17, 15) is 14.9 Å². The largest absolute Gasteiger partial charge is 0.478 e. The summed E-state index contributed by atoms with van der Waals surface area (Å²) in [5, 5.41) is 23.2. The number of carboxylic acids is 1. The van der Waals surface area contributed by atoms with Gasteiger partial charge in [0.25, 0.3) is 5.69 Å². The Morgan fingerprint density at radius 2 is 1.90 bits per heavy atom. The van der Waals surface area contributed by atoms with E-state index < -0.39 is 10.9 Å². The van der Waals surface area contributed by atoms with Gasteiger partial charge in [0.2, 0.25) is 0 Å². The monoisotopic (exact) mass is 418 g/mol. The number of hydrogen-bond donors (Lipinski definition) is 2. The number of anilines is 2. The van der Waals surface area contributed by atoms with Crippen LogP contribution in [0.2, 0.25) is 5.02 Å². The van der Waals surface area contributed by atoms with Crippen LogP contribution < -0.4 is 5.32 Å². The smallest absolute Gasteiger partial charge is 0.335 e. The number of nitrogens with one attached hydrogen (secondary N) is 1. The van der Waals surface area contributed by atoms with Crippen molar-refractivity contribution in [2.75, 3.05) is 5.32 Å². The molecule has 0 heterocycles. The van der Waals surface area contributed by atoms with Crippen LogP contribution in [0.5, 0.6) is 0 Å². The first-order valence-electron chi connectivity index (χ1n) is 5.62. The second-order valence-electron chi connectivity index (χ2n) is 4.04. The lowest BCUT2D eigenvalue weighted by atomic mass is 10.1. The molecule has 0 spiro atoms. The molecule has 0 aromatic heterocycles. The van der Waals surface area contributed by atoms with Gasteiger partial charge in [0.1, 0.15) is 5.69 Å². The number of nitro groups is 1. The third-order valence-electron chi connectivity index (χ3n) is 2.64. The number of hydrogen-bond acceptors (Lipinski definition) is 4. The maximum atomic E-state index is 11.1. The molecule has 0 bridgehead atoms. The lowest BCUT2D eigenvalue weighted by Crippen LogP contribution is -2.02. The summed E-state index contributed by atoms with van der Waals surface area (Å²) in [6.45, 7) is 0. The molecular weight excluding hydrogens is 411 g/mol. The Morgan fingerprint density at radius 1 is 1.24 bits per heavy atom. The van der Waals surface area contributed by atoms with E-state index in [0.717, 1.165) is 9.64 Å². The molecule has 0 aliphatic rings. The van der Waals surface area contributed by atoms with Gasteiger partial charge in [0, 0.05) is 9.64 Å². The highest BCUT2D eigenvalue weighted by atomic mass is 127. The van der Waals surface area contributed by atoms with Gasteiger partial charge in [-0.15, -0.1) is 0 Å². The molecule has 0 aliphatic carbocycles. The van der Waals surface area contributed by atoms with Gasteiger partial charge in [0.05, 0.1) is 21.2 Å². The van der Waals surface area contributed by atoms with E-state index in [2.05, 4.69) is 27.9 Å². The molecule has 0 radical (unpaired) electrons. The number of halogens is 2. The van der Waals surface area contributed by atoms with E-state index >= 15 is 0 Å². The van der Waals surface area contributed by atoms with Crippen LogP contribution in [0.25, 0.3) is 0 Å². The van der Waals surface area contributed by atoms with Crippen molar-refractivity contribution in [3.63, 3.8) is 0 Å². The molecule has 0 atom stereocenters. The molecule has 8 heteroatoms. The summed E-state index contributed by atoms with van der Waals surface area (Å²) in [6.07, 6.45) is 0. The minimum atomic E-state index is -1.23. The van der Waals surface area contributed by atoms with Crippen LogP contribution >= 0.6 is 34.2 Å². The first kappa shape index (κ1) is 15.5. The first-order valence-corrected chi connectivity index (χ1v) is 7.08. The normalized spacial score (nSPS) is 10.2. The van der Waals surface area contributed by atoms with Gasteiger partial charge in [-0.05, 0) is 52.9 Å². The summed E-state index contributed by atoms with van der Waals surface area (Å²) in [7, 11) is 0. The zero-order valence-corrected chi connectivity index (χ0v) is 13.3. The Labute approximate surface area is 138 Å². The van der Waals surface area contributed by atoms with Gasteiger partial charge in [-0.1, -0.05) is 11.6 Å². The molecule has 2 aromatic rings. The summed E-state index contributed by atoms with van der Waals surface area (Å²) in [4.78, 5) is 21.3. The van der Waals surface area contributed by atoms with Crippen molar-refractivity contribution >= 4 is 57.2 Å². The highest BCUT2D eigenvalue weighted by Gasteiger charge is 2.18. The summed E-state index contributed by atoms with van der Waals surface area (Å²) in [6, 6.07) is 8.84. The molecule has 0 saturated heterocycles. The number of nitrogens with zero attached hydrogens (tertiary/aromatic N) is 1. The van der Waals surface area contributed by atoms with Crippen molar-refractivity contribution in [2.24, 2.45) is 0 Å². The van der Waals surface area contributed by atoms with Crippen molar-refractivity contribution < 1.29 is 14.8 Å². The first-order chi connectivity index (χ1) is 9.88. The summed E-state index contributed by atoms with van der Waals surface area (Å²) in [5.74, 6) is -1.23. The number of carbonyl (C=O) groups is 1. The minimum absolute atomic E-state index is 0.152. The Balaban J connectivity index is 2.44. The summed E-state index contributed by atoms with van der Waals surface area (Å²) >= 11 is 8.16. The van der Waals surface area contributed by atoms with E-state index in [-0.39, 0.29) is 16.9 Å². The van der Waals surface area contributed by atoms with E-state index in [0.29, 0.717) is 10.7 Å². The maximum Gasteiger partial charge on any atom is 0.335 e. The third kappa shape index (κ3) is 3.61. The molecule has 2 aromatic carbocycles. The molecule has 21 heavy (non-hydrogen) atoms. The minimum Gasteiger partial charge on any atom is -0.478 e. The lowest BCUT2D eigenvalue weighted by molar-refractivity contribution is -0.383. The fourth-order valence-corrected chi connectivity index (χ4v) is 2.56. The van der Waals surface area contributed by atoms with Crippen LogP contribution in [0.3, 0.4) is 0 Å². The topological polar surface area (TPSA) is 92.5 Å². The molecule has 0 saturated carbocycles. The molecule has 0 aliphatic heterocycles. The average molecular weight is 419 g/mol. The van der Waals surface area contributed by atoms with Crippen molar-refractivity contribution in [1.29, 1.82) is 0 Å². The molecule has 108 valence electrons. The second kappa shape index (κ2) is 6.27. The van der Waals surface area contributed by atoms with E-state index in [1.807, 2.05) is 0 Å². The van der Waals surface area contributed by atoms with E-state index in [4.69, 9.17) is 16.7 Å². The molecule has 0 unspecified atom stereocenters. The summed E-state index contributed by atoms with van der Waals surface area (Å²) < 4.78 is 0.930. The standard InChI is InChI=1S/C13H8ClIN2O4/c14-9-6-8(15)2-4-10(9)16-11-3-1-7(13(18)19)5-12(11)17(20)21/h1-6,16H,(H,18,19). The fourth-order valence-electron chi connectivity index (χ4n) is 1.66. The van der Waals surface area contributed by atoms with E-state index in [1.54, 1.807) is 18.2 Å². The Morgan fingerprint density at radius 3 is 2.48 bits per heavy atom. The molecule has 6 nitrogen and oxygen atoms in total. The highest BCUT2D eigenvalue weighted by molar-refractivity contribution is 14.1. The van der Waals surface area contributed by atoms with Crippen LogP contribution in [0.4, 0.5) is 17.1 Å². The van der Waals surface area contributed by atoms with Crippen LogP contribution in [0.1, 0.15) is 10.4 Å². The van der Waals surface area contributed by atoms with Crippen LogP contribution in [-0.4, -0.2) is 16.0 Å². The number of nitro benzene ring substituents is 1. The van der Waals surface area contributed by atoms with Crippen LogP contribution in [-0.2, 0) is 0 Å². The SMILES string of the molecule is O=C(O)c1ccc(Nc2ccc(I)cc2Cl)c([N+](=O)[O-])c1. The molecular formula is C13H8ClIN2O4. The second-order valence-corrected chi connectivity index (χ2v) is 5.70. The zero-order chi connectivity index (χ0) is 15.6. The van der Waals surface area contributed by atoms with Crippen LogP contribution in [0, 0.1) is 13.7 Å². The number of rotatable bonds is 4. The van der Waals surface area contributed by atoms with Crippen molar-refractivity contribution in [3.8, 4) is 0 Å². The predicted molar refractivity (Wildman–Crippen MR) is 87.5 cm³/mol. The van der Waals surface area contributed by atoms with Gasteiger partial charge in [-0.3, -0.25) is 10.1 Å². The third-order valence-corrected chi connectivity index (χ3v) is 3.63. The van der Waals surface area contributed by atoms with Gasteiger partial charge < -0.3 is 10.4 Å². The number of benzene rings is 2. The number of aromatic carboxylic acids is 1. The van der Waals surface area contributed by atoms with Gasteiger partial charge in [0.15, 0.2) is 0 Å². The Kier molecular flexibility index (Phi) is 4.63. The number of carboxylic acid groups (broad SMARTS) is 1. The van der Waals surface area contributed by atoms with Gasteiger partial charge in [-0.25, -0.2) is 4.79 Å². The van der Waals surface area contributed by atoms with Crippen LogP contribution in [0.15, 0.2) is 36.4 Å². The average Bonchev–Trinajstić information content (AvgIpc) is 2.41. The predicted octanol–water partition coefficient (Wildman–Crippen LogP) is 4.29. The van der Waals surface area contributed by atoms with Gasteiger partial charge in [-0.2, -0.15) is 0 Å². The van der Waals surface area contributed by atoms with Crippen molar-refractivity contribution in [2.45, 2.75) is 0 Å². The fraction of sp³-hybridized carbons (Fsp3) is 0. The highest BCUT2D eigenvalue weighted by Crippen LogP contribution is 2.32. The maximum absolute atomic E-state index is 11.1. The lowest BCUT2D eigenvalue weighted by Gasteiger charge is -2.09. The zero-order valence-electron chi connectivity index (χ0n) is 10.3. The van der Waals surface area contributed by atoms with Crippen molar-refractivity contribution in [1.82, 2.24) is 0 Å². The summed E-state index contributed by atoms with van der Waals surface area (Å²) in [5.41, 5.74) is 0.196. The molecule has 0 amide bonds. The van der Waals surface area contributed by atoms with Crippen molar-refractivity contribution in [3.05, 3.63) is 60.7 Å².